The SMILES string of the molecule is CC/C=C\C/C=C\C/C=C\C/C=C\C/C=C\CCCCCC(=O)OCC(COP(=O)(O)OCC(O)COP(=O)(O)OCC(COC(=O)CCCCCCCCC/C=C\C/C=C\C/C=C\CC)OC(=O)CCCCCCCCC/C=C\C/C=C\C/C=C\CC)OC(=O)CCCCCCCCCCCCC. The van der Waals surface area contributed by atoms with Crippen LogP contribution in [0.1, 0.15) is 323 Å². The van der Waals surface area contributed by atoms with E-state index in [1.807, 2.05) is 0 Å². The van der Waals surface area contributed by atoms with Gasteiger partial charge in [0.05, 0.1) is 26.4 Å². The fraction of sp³-hybridized carbons (Fsp3) is 0.694. The van der Waals surface area contributed by atoms with E-state index in [9.17, 15) is 43.2 Å². The number of phosphoric acid groups is 2. The van der Waals surface area contributed by atoms with E-state index in [-0.39, 0.29) is 25.7 Å². The Kier molecular flexibility index (Phi) is 72.9. The van der Waals surface area contributed by atoms with Gasteiger partial charge in [0.15, 0.2) is 12.2 Å². The molecule has 0 fully saturated rings. The number of unbranched alkanes of at least 4 members (excludes halogenated alkanes) is 27. The van der Waals surface area contributed by atoms with Gasteiger partial charge in [0.1, 0.15) is 19.3 Å². The van der Waals surface area contributed by atoms with Crippen molar-refractivity contribution < 1.29 is 80.2 Å². The van der Waals surface area contributed by atoms with Crippen LogP contribution < -0.4 is 0 Å². The number of rotatable bonds is 75. The molecule has 17 nitrogen and oxygen atoms in total. The van der Waals surface area contributed by atoms with Crippen molar-refractivity contribution in [3.05, 3.63) is 134 Å². The Hall–Kier alpha value is -4.80. The van der Waals surface area contributed by atoms with Gasteiger partial charge in [-0.05, 0) is 135 Å². The highest BCUT2D eigenvalue weighted by atomic mass is 31.2. The highest BCUT2D eigenvalue weighted by molar-refractivity contribution is 7.47. The fourth-order valence-electron chi connectivity index (χ4n) is 10.6. The Bertz CT molecular complexity index is 2490. The lowest BCUT2D eigenvalue weighted by molar-refractivity contribution is -0.161. The van der Waals surface area contributed by atoms with Crippen LogP contribution in [-0.4, -0.2) is 96.7 Å². The third-order valence-corrected chi connectivity index (χ3v) is 18.5. The standard InChI is InChI=1S/C85H144O17P2/c1-5-9-13-17-21-25-29-32-35-38-39-42-44-47-51-54-58-62-66-70-82(87)95-75-80(101-84(89)71-67-63-59-55-49-28-24-20-16-12-8-4)77-99-103(91,92)97-73-79(86)74-98-104(93,94)100-78-81(102-85(90)72-68-64-60-56-52-48-45-41-37-34-31-27-23-19-15-11-7-3)76-96-83(88)69-65-61-57-53-50-46-43-40-36-33-30-26-22-18-14-10-6-2/h9-11,13-15,21-23,25-27,32-37,39,42,47,51,79-81,86H,5-8,12,16-20,24,28-31,38,40-41,43-46,48-50,52-78H2,1-4H3,(H,91,92)(H,93,94)/b13-9-,14-10-,15-11-,25-21-,26-22-,27-23-,35-32-,36-33-,37-34-,42-39-,51-47-. The number of hydrogen-bond acceptors (Lipinski definition) is 15. The molecule has 0 radical (unpaired) electrons. The van der Waals surface area contributed by atoms with Crippen LogP contribution in [0.5, 0.6) is 0 Å². The minimum absolute atomic E-state index is 0.0786. The molecule has 0 aliphatic carbocycles. The van der Waals surface area contributed by atoms with Crippen LogP contribution in [0.15, 0.2) is 134 Å². The van der Waals surface area contributed by atoms with Crippen LogP contribution >= 0.6 is 15.6 Å². The summed E-state index contributed by atoms with van der Waals surface area (Å²) < 4.78 is 68.6. The molecule has 0 spiro atoms. The van der Waals surface area contributed by atoms with Gasteiger partial charge in [-0.15, -0.1) is 0 Å². The van der Waals surface area contributed by atoms with Gasteiger partial charge in [0.25, 0.3) is 0 Å². The molecule has 104 heavy (non-hydrogen) atoms. The Morgan fingerprint density at radius 1 is 0.279 bits per heavy atom. The lowest BCUT2D eigenvalue weighted by atomic mass is 10.1. The first-order chi connectivity index (χ1) is 50.7. The summed E-state index contributed by atoms with van der Waals surface area (Å²) in [6, 6.07) is 0. The van der Waals surface area contributed by atoms with E-state index < -0.39 is 97.5 Å². The van der Waals surface area contributed by atoms with Gasteiger partial charge >= 0.3 is 39.5 Å². The second kappa shape index (κ2) is 76.4. The molecule has 0 aromatic carbocycles. The van der Waals surface area contributed by atoms with Crippen molar-refractivity contribution in [1.82, 2.24) is 0 Å². The van der Waals surface area contributed by atoms with Crippen LogP contribution in [0.4, 0.5) is 0 Å². The topological polar surface area (TPSA) is 237 Å². The van der Waals surface area contributed by atoms with Gasteiger partial charge in [-0.25, -0.2) is 9.13 Å². The van der Waals surface area contributed by atoms with Gasteiger partial charge in [-0.1, -0.05) is 296 Å². The molecule has 0 aromatic heterocycles. The smallest absolute Gasteiger partial charge is 0.462 e. The highest BCUT2D eigenvalue weighted by Crippen LogP contribution is 2.45. The summed E-state index contributed by atoms with van der Waals surface area (Å²) in [5.74, 6) is -2.22. The molecule has 0 aliphatic rings. The van der Waals surface area contributed by atoms with Crippen molar-refractivity contribution in [2.75, 3.05) is 39.6 Å². The third-order valence-electron chi connectivity index (χ3n) is 16.6. The molecule has 5 atom stereocenters. The van der Waals surface area contributed by atoms with E-state index >= 15 is 0 Å². The zero-order valence-electron chi connectivity index (χ0n) is 65.2. The maximum absolute atomic E-state index is 13.1. The third kappa shape index (κ3) is 75.4. The minimum atomic E-state index is -4.99. The maximum atomic E-state index is 13.1. The van der Waals surface area contributed by atoms with Crippen molar-refractivity contribution in [3.63, 3.8) is 0 Å². The minimum Gasteiger partial charge on any atom is -0.462 e. The molecule has 0 aromatic rings. The molecule has 5 unspecified atom stereocenters. The molecule has 0 rings (SSSR count). The summed E-state index contributed by atoms with van der Waals surface area (Å²) >= 11 is 0. The van der Waals surface area contributed by atoms with E-state index in [1.54, 1.807) is 0 Å². The second-order valence-corrected chi connectivity index (χ2v) is 29.5. The van der Waals surface area contributed by atoms with Crippen LogP contribution in [0.3, 0.4) is 0 Å². The molecule has 0 saturated carbocycles. The van der Waals surface area contributed by atoms with E-state index in [1.165, 1.54) is 38.5 Å². The van der Waals surface area contributed by atoms with E-state index in [4.69, 9.17) is 37.0 Å². The van der Waals surface area contributed by atoms with Gasteiger partial charge < -0.3 is 33.8 Å². The Labute approximate surface area is 631 Å². The monoisotopic (exact) mass is 1500 g/mol. The molecular formula is C85H144O17P2. The molecule has 596 valence electrons. The number of hydrogen-bond donors (Lipinski definition) is 3. The second-order valence-electron chi connectivity index (χ2n) is 26.6. The molecule has 0 aliphatic heterocycles. The normalized spacial score (nSPS) is 14.6. The number of aliphatic hydroxyl groups is 1. The Morgan fingerprint density at radius 3 is 0.779 bits per heavy atom. The van der Waals surface area contributed by atoms with E-state index in [2.05, 4.69) is 161 Å². The number of carbonyl (C=O) groups excluding carboxylic acids is 4. The first-order valence-electron chi connectivity index (χ1n) is 40.4. The Balaban J connectivity index is 5.36. The summed E-state index contributed by atoms with van der Waals surface area (Å²) in [5, 5.41) is 10.6. The lowest BCUT2D eigenvalue weighted by Crippen LogP contribution is -2.30. The molecule has 0 heterocycles. The summed E-state index contributed by atoms with van der Waals surface area (Å²) in [6.07, 6.45) is 85.7. The quantitative estimate of drug-likeness (QED) is 0.0169. The van der Waals surface area contributed by atoms with Gasteiger partial charge in [-0.3, -0.25) is 37.3 Å². The number of aliphatic hydroxyl groups excluding tert-OH is 1. The number of ether oxygens (including phenoxy) is 4. The highest BCUT2D eigenvalue weighted by Gasteiger charge is 2.30. The summed E-state index contributed by atoms with van der Waals surface area (Å²) in [7, 11) is -9.97. The van der Waals surface area contributed by atoms with Crippen LogP contribution in [0, 0.1) is 0 Å². The molecule has 0 saturated heterocycles. The van der Waals surface area contributed by atoms with E-state index in [0.717, 1.165) is 205 Å². The zero-order chi connectivity index (χ0) is 76.0. The number of carbonyl (C=O) groups is 4. The molecule has 0 bridgehead atoms. The van der Waals surface area contributed by atoms with Crippen LogP contribution in [0.25, 0.3) is 0 Å². The number of esters is 4. The lowest BCUT2D eigenvalue weighted by Gasteiger charge is -2.21. The molecular weight excluding hydrogens is 1350 g/mol. The molecule has 19 heteroatoms. The fourth-order valence-corrected chi connectivity index (χ4v) is 12.1. The van der Waals surface area contributed by atoms with Crippen molar-refractivity contribution in [3.8, 4) is 0 Å². The van der Waals surface area contributed by atoms with Crippen molar-refractivity contribution >= 4 is 39.5 Å². The number of allylic oxidation sites excluding steroid dienone is 22. The van der Waals surface area contributed by atoms with Crippen LogP contribution in [0.2, 0.25) is 0 Å². The van der Waals surface area contributed by atoms with Crippen molar-refractivity contribution in [2.45, 2.75) is 341 Å². The Morgan fingerprint density at radius 2 is 0.500 bits per heavy atom. The molecule has 0 amide bonds. The van der Waals surface area contributed by atoms with Crippen molar-refractivity contribution in [2.24, 2.45) is 0 Å². The van der Waals surface area contributed by atoms with Gasteiger partial charge in [-0.2, -0.15) is 0 Å². The summed E-state index contributed by atoms with van der Waals surface area (Å²) in [6.45, 7) is 4.50. The van der Waals surface area contributed by atoms with E-state index in [0.29, 0.717) is 25.7 Å². The average molecular weight is 1500 g/mol. The largest absolute Gasteiger partial charge is 0.472 e. The van der Waals surface area contributed by atoms with Gasteiger partial charge in [0, 0.05) is 25.7 Å². The van der Waals surface area contributed by atoms with Crippen molar-refractivity contribution in [1.29, 1.82) is 0 Å². The average Bonchev–Trinajstić information content (AvgIpc) is 0.931. The predicted octanol–water partition coefficient (Wildman–Crippen LogP) is 23.7. The summed E-state index contributed by atoms with van der Waals surface area (Å²) in [5.41, 5.74) is 0. The molecule has 3 N–H and O–H groups in total. The predicted molar refractivity (Wildman–Crippen MR) is 427 cm³/mol. The maximum Gasteiger partial charge on any atom is 0.472 e. The van der Waals surface area contributed by atoms with Crippen LogP contribution in [-0.2, 0) is 65.4 Å². The number of phosphoric ester groups is 2. The first-order valence-corrected chi connectivity index (χ1v) is 43.4. The zero-order valence-corrected chi connectivity index (χ0v) is 66.9. The van der Waals surface area contributed by atoms with Gasteiger partial charge in [0.2, 0.25) is 0 Å². The first kappa shape index (κ1) is 99.2. The summed E-state index contributed by atoms with van der Waals surface area (Å²) in [4.78, 5) is 73.0.